The number of benzene rings is 2. The van der Waals surface area contributed by atoms with Crippen molar-refractivity contribution in [3.63, 3.8) is 0 Å². The van der Waals surface area contributed by atoms with Gasteiger partial charge in [0.1, 0.15) is 14.0 Å². The van der Waals surface area contributed by atoms with E-state index in [2.05, 4.69) is 84.4 Å². The third kappa shape index (κ3) is 3.43. The van der Waals surface area contributed by atoms with Crippen LogP contribution in [0.5, 0.6) is 5.75 Å². The summed E-state index contributed by atoms with van der Waals surface area (Å²) in [5.74, 6) is 1.14. The third-order valence-electron chi connectivity index (χ3n) is 5.07. The first-order chi connectivity index (χ1) is 12.4. The molecule has 0 aromatic heterocycles. The van der Waals surface area contributed by atoms with E-state index in [1.165, 1.54) is 35.9 Å². The Morgan fingerprint density at radius 2 is 1.81 bits per heavy atom. The largest absolute Gasteiger partial charge is 0.544 e. The van der Waals surface area contributed by atoms with Crippen LogP contribution in [0, 0.1) is 6.92 Å². The lowest BCUT2D eigenvalue weighted by atomic mass is 10.2. The van der Waals surface area contributed by atoms with Crippen molar-refractivity contribution in [1.82, 2.24) is 4.67 Å². The number of hydrogen-bond acceptors (Lipinski definition) is 3. The minimum absolute atomic E-state index is 0.546. The summed E-state index contributed by atoms with van der Waals surface area (Å²) in [5, 5.41) is 1.40. The van der Waals surface area contributed by atoms with Crippen LogP contribution in [0.4, 0.5) is 5.69 Å². The Morgan fingerprint density at radius 1 is 1.04 bits per heavy atom. The van der Waals surface area contributed by atoms with Crippen molar-refractivity contribution in [1.29, 1.82) is 0 Å². The summed E-state index contributed by atoms with van der Waals surface area (Å²) >= 11 is 0. The molecule has 138 valence electrons. The van der Waals surface area contributed by atoms with Gasteiger partial charge in [0.15, 0.2) is 0 Å². The van der Waals surface area contributed by atoms with Crippen LogP contribution in [0.2, 0.25) is 19.6 Å². The maximum absolute atomic E-state index is 6.61. The second-order valence-corrected chi connectivity index (χ2v) is 14.8. The first-order valence-corrected chi connectivity index (χ1v) is 14.3. The molecule has 2 aliphatic heterocycles. The Bertz CT molecular complexity index is 777. The highest BCUT2D eigenvalue weighted by atomic mass is 31.1. The predicted octanol–water partition coefficient (Wildman–Crippen LogP) is 5.13. The standard InChI is InChI=1S/C21H29N2OPSi/c1-17-10-8-14-20(21(17)24-26(2,3)4)25-22-15-9-13-19(22)16-23(25)18-11-6-5-7-12-18/h5-8,10-12,14,19H,9,13,15-16H2,1-4H3/t19-,25?/m0/s1. The topological polar surface area (TPSA) is 15.7 Å². The molecular formula is C21H29N2OPSi. The Hall–Kier alpha value is -1.35. The van der Waals surface area contributed by atoms with E-state index in [1.54, 1.807) is 0 Å². The molecule has 2 aromatic rings. The second-order valence-electron chi connectivity index (χ2n) is 8.30. The van der Waals surface area contributed by atoms with Gasteiger partial charge >= 0.3 is 0 Å². The zero-order chi connectivity index (χ0) is 18.3. The van der Waals surface area contributed by atoms with Crippen molar-refractivity contribution in [2.24, 2.45) is 0 Å². The summed E-state index contributed by atoms with van der Waals surface area (Å²) < 4.78 is 12.0. The maximum atomic E-state index is 6.61. The van der Waals surface area contributed by atoms with Crippen molar-refractivity contribution in [3.05, 3.63) is 54.1 Å². The van der Waals surface area contributed by atoms with Crippen LogP contribution < -0.4 is 14.4 Å². The van der Waals surface area contributed by atoms with E-state index in [0.717, 1.165) is 12.3 Å². The van der Waals surface area contributed by atoms with E-state index in [4.69, 9.17) is 4.43 Å². The molecule has 26 heavy (non-hydrogen) atoms. The Balaban J connectivity index is 1.80. The molecule has 4 rings (SSSR count). The Kier molecular flexibility index (Phi) is 4.85. The van der Waals surface area contributed by atoms with Crippen LogP contribution in [0.3, 0.4) is 0 Å². The van der Waals surface area contributed by atoms with Gasteiger partial charge in [0.2, 0.25) is 8.32 Å². The third-order valence-corrected chi connectivity index (χ3v) is 8.54. The molecule has 1 unspecified atom stereocenters. The molecule has 3 nitrogen and oxygen atoms in total. The van der Waals surface area contributed by atoms with Gasteiger partial charge in [0.25, 0.3) is 0 Å². The van der Waals surface area contributed by atoms with E-state index >= 15 is 0 Å². The number of hydrogen-bond donors (Lipinski definition) is 0. The van der Waals surface area contributed by atoms with E-state index in [0.29, 0.717) is 6.04 Å². The second kappa shape index (κ2) is 6.99. The van der Waals surface area contributed by atoms with Crippen LogP contribution in [-0.2, 0) is 0 Å². The van der Waals surface area contributed by atoms with Crippen LogP contribution >= 0.6 is 8.22 Å². The van der Waals surface area contributed by atoms with Gasteiger partial charge in [0.05, 0.1) is 5.30 Å². The zero-order valence-corrected chi connectivity index (χ0v) is 18.2. The highest BCUT2D eigenvalue weighted by molar-refractivity contribution is 7.65. The highest BCUT2D eigenvalue weighted by Gasteiger charge is 2.44. The summed E-state index contributed by atoms with van der Waals surface area (Å²) in [6, 6.07) is 18.3. The number of fused-ring (bicyclic) bond motifs is 1. The van der Waals surface area contributed by atoms with Gasteiger partial charge < -0.3 is 9.10 Å². The normalized spacial score (nSPS) is 23.3. The van der Waals surface area contributed by atoms with Crippen molar-refractivity contribution >= 4 is 27.5 Å². The van der Waals surface area contributed by atoms with Crippen molar-refractivity contribution < 1.29 is 4.43 Å². The summed E-state index contributed by atoms with van der Waals surface area (Å²) in [6.45, 7) is 11.4. The molecule has 2 fully saturated rings. The van der Waals surface area contributed by atoms with Gasteiger partial charge in [-0.05, 0) is 63.2 Å². The Labute approximate surface area is 160 Å². The van der Waals surface area contributed by atoms with Gasteiger partial charge in [-0.3, -0.25) is 4.67 Å². The molecule has 0 aliphatic carbocycles. The average Bonchev–Trinajstić information content (AvgIpc) is 3.17. The van der Waals surface area contributed by atoms with Crippen LogP contribution in [-0.4, -0.2) is 32.1 Å². The van der Waals surface area contributed by atoms with E-state index in [-0.39, 0.29) is 0 Å². The molecule has 0 saturated carbocycles. The lowest BCUT2D eigenvalue weighted by Gasteiger charge is -2.33. The molecule has 0 bridgehead atoms. The predicted molar refractivity (Wildman–Crippen MR) is 115 cm³/mol. The molecule has 2 saturated heterocycles. The summed E-state index contributed by atoms with van der Waals surface area (Å²) in [7, 11) is -2.22. The van der Waals surface area contributed by atoms with Gasteiger partial charge in [0, 0.05) is 24.8 Å². The number of para-hydroxylation sites is 2. The highest BCUT2D eigenvalue weighted by Crippen LogP contribution is 2.56. The monoisotopic (exact) mass is 384 g/mol. The molecule has 2 aromatic carbocycles. The number of aryl methyl sites for hydroxylation is 1. The van der Waals surface area contributed by atoms with Gasteiger partial charge in [-0.2, -0.15) is 0 Å². The summed E-state index contributed by atoms with van der Waals surface area (Å²) in [4.78, 5) is 0. The van der Waals surface area contributed by atoms with Gasteiger partial charge in [-0.1, -0.05) is 30.3 Å². The summed E-state index contributed by atoms with van der Waals surface area (Å²) in [6.07, 6.45) is 2.64. The molecule has 2 heterocycles. The van der Waals surface area contributed by atoms with Crippen molar-refractivity contribution in [2.45, 2.75) is 45.4 Å². The number of nitrogens with zero attached hydrogens (tertiary/aromatic N) is 2. The van der Waals surface area contributed by atoms with Crippen LogP contribution in [0.25, 0.3) is 0 Å². The minimum Gasteiger partial charge on any atom is -0.544 e. The maximum Gasteiger partial charge on any atom is 0.242 e. The molecule has 0 amide bonds. The molecule has 2 aliphatic rings. The SMILES string of the molecule is Cc1cccc(P2N(c3ccccc3)C[C@@H]3CCCN32)c1O[Si](C)(C)C. The Morgan fingerprint density at radius 3 is 2.54 bits per heavy atom. The minimum atomic E-state index is -1.67. The number of anilines is 1. The fourth-order valence-electron chi connectivity index (χ4n) is 3.99. The molecule has 2 atom stereocenters. The molecule has 5 heteroatoms. The number of rotatable bonds is 4. The van der Waals surface area contributed by atoms with Crippen LogP contribution in [0.1, 0.15) is 18.4 Å². The zero-order valence-electron chi connectivity index (χ0n) is 16.3. The quantitative estimate of drug-likeness (QED) is 0.537. The lowest BCUT2D eigenvalue weighted by molar-refractivity contribution is 0.467. The molecule has 0 radical (unpaired) electrons. The average molecular weight is 385 g/mol. The van der Waals surface area contributed by atoms with E-state index in [1.807, 2.05) is 0 Å². The fraction of sp³-hybridized carbons (Fsp3) is 0.429. The van der Waals surface area contributed by atoms with E-state index < -0.39 is 16.5 Å². The molecule has 0 N–H and O–H groups in total. The van der Waals surface area contributed by atoms with Gasteiger partial charge in [-0.25, -0.2) is 0 Å². The molecular weight excluding hydrogens is 355 g/mol. The summed E-state index contributed by atoms with van der Waals surface area (Å²) in [5.41, 5.74) is 2.61. The van der Waals surface area contributed by atoms with E-state index in [9.17, 15) is 0 Å². The molecule has 0 spiro atoms. The van der Waals surface area contributed by atoms with Gasteiger partial charge in [-0.15, -0.1) is 0 Å². The van der Waals surface area contributed by atoms with Crippen molar-refractivity contribution in [2.75, 3.05) is 17.8 Å². The van der Waals surface area contributed by atoms with Crippen molar-refractivity contribution in [3.8, 4) is 5.75 Å². The lowest BCUT2D eigenvalue weighted by Crippen LogP contribution is -2.33. The fourth-order valence-corrected chi connectivity index (χ4v) is 7.92. The first-order valence-electron chi connectivity index (χ1n) is 9.62. The smallest absolute Gasteiger partial charge is 0.242 e. The first kappa shape index (κ1) is 18.0. The van der Waals surface area contributed by atoms with Crippen LogP contribution in [0.15, 0.2) is 48.5 Å².